The van der Waals surface area contributed by atoms with Gasteiger partial charge in [-0.2, -0.15) is 0 Å². The lowest BCUT2D eigenvalue weighted by atomic mass is 9.94. The van der Waals surface area contributed by atoms with Crippen LogP contribution in [0.3, 0.4) is 0 Å². The molecule has 1 amide bonds. The number of amides is 1. The third kappa shape index (κ3) is 3.09. The molecular weight excluding hydrogens is 328 g/mol. The first-order valence-corrected chi connectivity index (χ1v) is 9.27. The maximum absolute atomic E-state index is 12.6. The molecule has 128 valence electrons. The van der Waals surface area contributed by atoms with E-state index >= 15 is 0 Å². The van der Waals surface area contributed by atoms with Crippen LogP contribution in [0.4, 0.5) is 0 Å². The fourth-order valence-corrected chi connectivity index (χ4v) is 3.75. The Morgan fingerprint density at radius 1 is 1.33 bits per heavy atom. The Morgan fingerprint density at radius 3 is 2.79 bits per heavy atom. The molecule has 0 saturated carbocycles. The summed E-state index contributed by atoms with van der Waals surface area (Å²) in [7, 11) is -2.38. The van der Waals surface area contributed by atoms with E-state index in [1.165, 1.54) is 30.5 Å². The first-order chi connectivity index (χ1) is 11.4. The summed E-state index contributed by atoms with van der Waals surface area (Å²) < 4.78 is 30.6. The van der Waals surface area contributed by atoms with Gasteiger partial charge >= 0.3 is 0 Å². The van der Waals surface area contributed by atoms with Gasteiger partial charge in [0.15, 0.2) is 0 Å². The van der Waals surface area contributed by atoms with Crippen LogP contribution in [0, 0.1) is 6.92 Å². The molecule has 7 heteroatoms. The minimum absolute atomic E-state index is 0.201. The Morgan fingerprint density at radius 2 is 2.08 bits per heavy atom. The van der Waals surface area contributed by atoms with E-state index in [4.69, 9.17) is 4.42 Å². The molecule has 1 aromatic heterocycles. The molecule has 0 bridgehead atoms. The lowest BCUT2D eigenvalue weighted by Crippen LogP contribution is -2.28. The highest BCUT2D eigenvalue weighted by Gasteiger charge is 2.30. The number of furan rings is 1. The summed E-state index contributed by atoms with van der Waals surface area (Å²) in [4.78, 5) is 14.3. The maximum atomic E-state index is 12.6. The summed E-state index contributed by atoms with van der Waals surface area (Å²) in [5, 5.41) is -0.247. The topological polar surface area (TPSA) is 79.6 Å². The van der Waals surface area contributed by atoms with E-state index in [0.717, 1.165) is 6.42 Å². The molecule has 1 N–H and O–H groups in total. The van der Waals surface area contributed by atoms with Crippen LogP contribution in [-0.2, 0) is 10.0 Å². The highest BCUT2D eigenvalue weighted by atomic mass is 32.2. The lowest BCUT2D eigenvalue weighted by Gasteiger charge is -2.16. The average molecular weight is 348 g/mol. The van der Waals surface area contributed by atoms with Gasteiger partial charge in [-0.05, 0) is 31.5 Å². The summed E-state index contributed by atoms with van der Waals surface area (Å²) in [5.41, 5.74) is 2.75. The Labute approximate surface area is 141 Å². The molecule has 24 heavy (non-hydrogen) atoms. The second-order valence-corrected chi connectivity index (χ2v) is 7.77. The number of nitrogens with one attached hydrogen (secondary N) is 1. The molecule has 1 aliphatic heterocycles. The van der Waals surface area contributed by atoms with Crippen molar-refractivity contribution in [2.24, 2.45) is 0 Å². The van der Waals surface area contributed by atoms with Gasteiger partial charge in [0, 0.05) is 25.1 Å². The average Bonchev–Trinajstić information content (AvgIpc) is 3.24. The molecule has 1 aliphatic rings. The third-order valence-corrected chi connectivity index (χ3v) is 5.74. The van der Waals surface area contributed by atoms with Crippen molar-refractivity contribution in [3.05, 3.63) is 53.3 Å². The van der Waals surface area contributed by atoms with Gasteiger partial charge in [-0.3, -0.25) is 4.79 Å². The minimum Gasteiger partial charge on any atom is -0.451 e. The first-order valence-electron chi connectivity index (χ1n) is 7.79. The van der Waals surface area contributed by atoms with Crippen LogP contribution in [-0.4, -0.2) is 39.4 Å². The van der Waals surface area contributed by atoms with E-state index < -0.39 is 10.0 Å². The molecule has 1 atom stereocenters. The van der Waals surface area contributed by atoms with E-state index in [1.807, 2.05) is 12.1 Å². The van der Waals surface area contributed by atoms with E-state index in [-0.39, 0.29) is 16.6 Å². The number of carbonyl (C=O) groups excluding carboxylic acids is 1. The third-order valence-electron chi connectivity index (χ3n) is 4.46. The Bertz CT molecular complexity index is 857. The highest BCUT2D eigenvalue weighted by Crippen LogP contribution is 2.30. The zero-order chi connectivity index (χ0) is 17.3. The number of rotatable bonds is 4. The number of aryl methyl sites for hydroxylation is 1. The highest BCUT2D eigenvalue weighted by molar-refractivity contribution is 7.89. The van der Waals surface area contributed by atoms with Crippen LogP contribution in [0.15, 0.2) is 46.1 Å². The predicted molar refractivity (Wildman–Crippen MR) is 89.4 cm³/mol. The van der Waals surface area contributed by atoms with E-state index in [9.17, 15) is 13.2 Å². The molecule has 2 heterocycles. The molecule has 1 aromatic carbocycles. The van der Waals surface area contributed by atoms with Gasteiger partial charge < -0.3 is 9.32 Å². The van der Waals surface area contributed by atoms with Gasteiger partial charge in [0.1, 0.15) is 6.26 Å². The molecule has 2 aromatic rings. The molecule has 6 nitrogen and oxygen atoms in total. The normalized spacial score (nSPS) is 18.1. The van der Waals surface area contributed by atoms with Crippen molar-refractivity contribution >= 4 is 15.9 Å². The second kappa shape index (κ2) is 6.41. The van der Waals surface area contributed by atoms with Gasteiger partial charge in [-0.25, -0.2) is 13.1 Å². The van der Waals surface area contributed by atoms with Gasteiger partial charge in [-0.15, -0.1) is 0 Å². The number of sulfonamides is 1. The number of nitrogens with zero attached hydrogens (tertiary/aromatic N) is 1. The number of carbonyl (C=O) groups is 1. The fraction of sp³-hybridized carbons (Fsp3) is 0.353. The van der Waals surface area contributed by atoms with Crippen LogP contribution in [0.2, 0.25) is 0 Å². The van der Waals surface area contributed by atoms with E-state index in [2.05, 4.69) is 23.8 Å². The molecule has 1 fully saturated rings. The van der Waals surface area contributed by atoms with Gasteiger partial charge in [0.2, 0.25) is 5.09 Å². The van der Waals surface area contributed by atoms with Crippen LogP contribution in [0.1, 0.15) is 33.8 Å². The van der Waals surface area contributed by atoms with Crippen molar-refractivity contribution in [2.75, 3.05) is 20.1 Å². The SMILES string of the molecule is CNS(=O)(=O)c1cc(C(=O)N2CCC(c3ccccc3C)C2)co1. The Balaban J connectivity index is 1.75. The van der Waals surface area contributed by atoms with Crippen molar-refractivity contribution in [3.8, 4) is 0 Å². The zero-order valence-electron chi connectivity index (χ0n) is 13.7. The largest absolute Gasteiger partial charge is 0.451 e. The van der Waals surface area contributed by atoms with Crippen molar-refractivity contribution in [1.82, 2.24) is 9.62 Å². The predicted octanol–water partition coefficient (Wildman–Crippen LogP) is 2.13. The quantitative estimate of drug-likeness (QED) is 0.918. The minimum atomic E-state index is -3.68. The monoisotopic (exact) mass is 348 g/mol. The number of hydrogen-bond acceptors (Lipinski definition) is 4. The molecule has 0 spiro atoms. The van der Waals surface area contributed by atoms with Crippen molar-refractivity contribution < 1.29 is 17.6 Å². The van der Waals surface area contributed by atoms with Gasteiger partial charge in [0.25, 0.3) is 15.9 Å². The standard InChI is InChI=1S/C17H20N2O4S/c1-12-5-3-4-6-15(12)13-7-8-19(10-13)17(20)14-9-16(23-11-14)24(21,22)18-2/h3-6,9,11,13,18H,7-8,10H2,1-2H3. The van der Waals surface area contributed by atoms with E-state index in [1.54, 1.807) is 4.90 Å². The first kappa shape index (κ1) is 16.7. The summed E-state index contributed by atoms with van der Waals surface area (Å²) in [5.74, 6) is 0.106. The van der Waals surface area contributed by atoms with Crippen LogP contribution in [0.5, 0.6) is 0 Å². The summed E-state index contributed by atoms with van der Waals surface area (Å²) in [6.07, 6.45) is 2.10. The van der Waals surface area contributed by atoms with Crippen LogP contribution in [0.25, 0.3) is 0 Å². The number of likely N-dealkylation sites (tertiary alicyclic amines) is 1. The number of hydrogen-bond donors (Lipinski definition) is 1. The molecule has 1 saturated heterocycles. The zero-order valence-corrected chi connectivity index (χ0v) is 14.5. The van der Waals surface area contributed by atoms with Crippen molar-refractivity contribution in [1.29, 1.82) is 0 Å². The fourth-order valence-electron chi connectivity index (χ4n) is 3.10. The number of benzene rings is 1. The summed E-state index contributed by atoms with van der Waals surface area (Å²) in [6, 6.07) is 9.47. The van der Waals surface area contributed by atoms with Crippen LogP contribution < -0.4 is 4.72 Å². The van der Waals surface area contributed by atoms with E-state index in [0.29, 0.717) is 19.0 Å². The Kier molecular flexibility index (Phi) is 4.47. The van der Waals surface area contributed by atoms with Gasteiger partial charge in [-0.1, -0.05) is 24.3 Å². The summed E-state index contributed by atoms with van der Waals surface area (Å²) >= 11 is 0. The Hall–Kier alpha value is -2.12. The second-order valence-electron chi connectivity index (χ2n) is 5.96. The maximum Gasteiger partial charge on any atom is 0.273 e. The molecule has 0 radical (unpaired) electrons. The summed E-state index contributed by atoms with van der Waals surface area (Å²) in [6.45, 7) is 3.35. The van der Waals surface area contributed by atoms with Crippen molar-refractivity contribution in [2.45, 2.75) is 24.4 Å². The molecule has 0 aliphatic carbocycles. The van der Waals surface area contributed by atoms with Crippen molar-refractivity contribution in [3.63, 3.8) is 0 Å². The van der Waals surface area contributed by atoms with Crippen LogP contribution >= 0.6 is 0 Å². The van der Waals surface area contributed by atoms with Gasteiger partial charge in [0.05, 0.1) is 5.56 Å². The molecule has 3 rings (SSSR count). The molecular formula is C17H20N2O4S. The molecule has 1 unspecified atom stereocenters. The lowest BCUT2D eigenvalue weighted by molar-refractivity contribution is 0.0790. The smallest absolute Gasteiger partial charge is 0.273 e.